The summed E-state index contributed by atoms with van der Waals surface area (Å²) in [6.45, 7) is 2.69. The highest BCUT2D eigenvalue weighted by molar-refractivity contribution is 7.89. The minimum Gasteiger partial charge on any atom is -0.354 e. The van der Waals surface area contributed by atoms with E-state index < -0.39 is 15.6 Å². The van der Waals surface area contributed by atoms with E-state index in [-0.39, 0.29) is 10.8 Å². The van der Waals surface area contributed by atoms with Gasteiger partial charge < -0.3 is 5.32 Å². The van der Waals surface area contributed by atoms with E-state index in [1.54, 1.807) is 25.1 Å². The fourth-order valence-corrected chi connectivity index (χ4v) is 5.84. The number of carbonyl (C=O) groups excluding carboxylic acids is 1. The Hall–Kier alpha value is -1.11. The lowest BCUT2D eigenvalue weighted by Crippen LogP contribution is -2.60. The van der Waals surface area contributed by atoms with Gasteiger partial charge in [-0.05, 0) is 50.3 Å². The van der Waals surface area contributed by atoms with E-state index in [4.69, 9.17) is 11.6 Å². The molecule has 1 aromatic carbocycles. The van der Waals surface area contributed by atoms with Crippen LogP contribution in [0, 0.1) is 6.92 Å². The summed E-state index contributed by atoms with van der Waals surface area (Å²) in [5, 5.41) is 3.24. The summed E-state index contributed by atoms with van der Waals surface area (Å²) < 4.78 is 27.6. The third-order valence-corrected chi connectivity index (χ3v) is 7.21. The number of hydrogen-bond donors (Lipinski definition) is 1. The first-order valence-corrected chi connectivity index (χ1v) is 9.28. The SMILES string of the molecule is Cc1c(Cl)cccc1S(=O)(=O)N1CCCC12CCCNC2=O. The summed E-state index contributed by atoms with van der Waals surface area (Å²) in [6.07, 6.45) is 2.66. The van der Waals surface area contributed by atoms with Gasteiger partial charge in [0.25, 0.3) is 0 Å². The van der Waals surface area contributed by atoms with Gasteiger partial charge in [0.1, 0.15) is 5.54 Å². The molecule has 5 nitrogen and oxygen atoms in total. The minimum atomic E-state index is -3.74. The van der Waals surface area contributed by atoms with Gasteiger partial charge in [0.15, 0.2) is 0 Å². The van der Waals surface area contributed by atoms with E-state index in [0.717, 1.165) is 6.42 Å². The van der Waals surface area contributed by atoms with Crippen molar-refractivity contribution in [2.75, 3.05) is 13.1 Å². The third-order valence-electron chi connectivity index (χ3n) is 4.69. The topological polar surface area (TPSA) is 66.5 Å². The van der Waals surface area contributed by atoms with Gasteiger partial charge in [0.2, 0.25) is 15.9 Å². The predicted molar refractivity (Wildman–Crippen MR) is 84.3 cm³/mol. The van der Waals surface area contributed by atoms with Crippen molar-refractivity contribution in [3.05, 3.63) is 28.8 Å². The highest BCUT2D eigenvalue weighted by atomic mass is 35.5. The molecule has 0 bridgehead atoms. The van der Waals surface area contributed by atoms with Gasteiger partial charge in [-0.1, -0.05) is 17.7 Å². The van der Waals surface area contributed by atoms with Crippen LogP contribution in [0.4, 0.5) is 0 Å². The second kappa shape index (κ2) is 5.51. The number of nitrogens with one attached hydrogen (secondary N) is 1. The molecular weight excluding hydrogens is 324 g/mol. The smallest absolute Gasteiger partial charge is 0.244 e. The molecule has 1 unspecified atom stereocenters. The van der Waals surface area contributed by atoms with Gasteiger partial charge in [-0.15, -0.1) is 0 Å². The van der Waals surface area contributed by atoms with Crippen LogP contribution in [-0.4, -0.2) is 37.3 Å². The Morgan fingerprint density at radius 3 is 2.73 bits per heavy atom. The molecule has 22 heavy (non-hydrogen) atoms. The quantitative estimate of drug-likeness (QED) is 0.894. The van der Waals surface area contributed by atoms with Crippen molar-refractivity contribution in [3.63, 3.8) is 0 Å². The second-order valence-electron chi connectivity index (χ2n) is 5.93. The molecular formula is C15H19ClN2O3S. The molecule has 2 aliphatic rings. The van der Waals surface area contributed by atoms with Crippen LogP contribution in [0.3, 0.4) is 0 Å². The number of carbonyl (C=O) groups is 1. The van der Waals surface area contributed by atoms with E-state index in [1.165, 1.54) is 4.31 Å². The van der Waals surface area contributed by atoms with E-state index in [0.29, 0.717) is 42.9 Å². The number of hydrogen-bond acceptors (Lipinski definition) is 3. The second-order valence-corrected chi connectivity index (χ2v) is 8.17. The zero-order valence-corrected chi connectivity index (χ0v) is 14.0. The average Bonchev–Trinajstić information content (AvgIpc) is 2.90. The molecule has 1 atom stereocenters. The van der Waals surface area contributed by atoms with Gasteiger partial charge in [0.05, 0.1) is 4.90 Å². The van der Waals surface area contributed by atoms with Gasteiger partial charge in [0, 0.05) is 18.1 Å². The van der Waals surface area contributed by atoms with Crippen LogP contribution in [0.15, 0.2) is 23.1 Å². The Labute approximate surface area is 135 Å². The molecule has 3 rings (SSSR count). The fraction of sp³-hybridized carbons (Fsp3) is 0.533. The highest BCUT2D eigenvalue weighted by Gasteiger charge is 2.53. The van der Waals surface area contributed by atoms with Gasteiger partial charge in [-0.3, -0.25) is 4.79 Å². The molecule has 0 aromatic heterocycles. The van der Waals surface area contributed by atoms with Crippen molar-refractivity contribution in [1.82, 2.24) is 9.62 Å². The Bertz CT molecular complexity index is 719. The summed E-state index contributed by atoms with van der Waals surface area (Å²) in [5.41, 5.74) is -0.395. The molecule has 2 saturated heterocycles. The zero-order valence-electron chi connectivity index (χ0n) is 12.4. The van der Waals surface area contributed by atoms with Crippen molar-refractivity contribution in [2.24, 2.45) is 0 Å². The van der Waals surface area contributed by atoms with Crippen molar-refractivity contribution >= 4 is 27.5 Å². The largest absolute Gasteiger partial charge is 0.354 e. The normalized spacial score (nSPS) is 26.4. The number of amides is 1. The van der Waals surface area contributed by atoms with E-state index in [1.807, 2.05) is 0 Å². The lowest BCUT2D eigenvalue weighted by atomic mass is 9.88. The van der Waals surface area contributed by atoms with Crippen LogP contribution in [-0.2, 0) is 14.8 Å². The Morgan fingerprint density at radius 1 is 1.27 bits per heavy atom. The Morgan fingerprint density at radius 2 is 2.00 bits per heavy atom. The van der Waals surface area contributed by atoms with Crippen molar-refractivity contribution in [2.45, 2.75) is 43.0 Å². The van der Waals surface area contributed by atoms with Gasteiger partial charge in [-0.25, -0.2) is 8.42 Å². The summed E-state index contributed by atoms with van der Waals surface area (Å²) in [5.74, 6) is -0.167. The molecule has 0 saturated carbocycles. The molecule has 2 fully saturated rings. The van der Waals surface area contributed by atoms with Crippen molar-refractivity contribution in [1.29, 1.82) is 0 Å². The summed E-state index contributed by atoms with van der Waals surface area (Å²) in [6, 6.07) is 4.86. The molecule has 1 spiro atoms. The molecule has 1 amide bonds. The van der Waals surface area contributed by atoms with E-state index in [9.17, 15) is 13.2 Å². The molecule has 120 valence electrons. The summed E-state index contributed by atoms with van der Waals surface area (Å²) in [7, 11) is -3.74. The number of piperidine rings is 1. The first kappa shape index (κ1) is 15.8. The molecule has 7 heteroatoms. The van der Waals surface area contributed by atoms with Crippen LogP contribution in [0.25, 0.3) is 0 Å². The van der Waals surface area contributed by atoms with Crippen LogP contribution >= 0.6 is 11.6 Å². The van der Waals surface area contributed by atoms with Crippen molar-refractivity contribution < 1.29 is 13.2 Å². The number of nitrogens with zero attached hydrogens (tertiary/aromatic N) is 1. The average molecular weight is 343 g/mol. The molecule has 0 radical (unpaired) electrons. The van der Waals surface area contributed by atoms with Crippen LogP contribution in [0.2, 0.25) is 5.02 Å². The maximum absolute atomic E-state index is 13.1. The predicted octanol–water partition coefficient (Wildman–Crippen LogP) is 2.08. The van der Waals surface area contributed by atoms with Gasteiger partial charge in [-0.2, -0.15) is 4.31 Å². The zero-order chi connectivity index (χ0) is 16.0. The number of halogens is 1. The number of rotatable bonds is 2. The molecule has 1 N–H and O–H groups in total. The highest BCUT2D eigenvalue weighted by Crippen LogP contribution is 2.40. The van der Waals surface area contributed by atoms with Crippen LogP contribution in [0.5, 0.6) is 0 Å². The number of benzene rings is 1. The fourth-order valence-electron chi connectivity index (χ4n) is 3.53. The lowest BCUT2D eigenvalue weighted by molar-refractivity contribution is -0.131. The summed E-state index contributed by atoms with van der Waals surface area (Å²) in [4.78, 5) is 12.6. The Kier molecular flexibility index (Phi) is 3.95. The Balaban J connectivity index is 2.08. The van der Waals surface area contributed by atoms with Crippen molar-refractivity contribution in [3.8, 4) is 0 Å². The third kappa shape index (κ3) is 2.25. The molecule has 2 aliphatic heterocycles. The van der Waals surface area contributed by atoms with Gasteiger partial charge >= 0.3 is 0 Å². The summed E-state index contributed by atoms with van der Waals surface area (Å²) >= 11 is 6.07. The van der Waals surface area contributed by atoms with Crippen LogP contribution in [0.1, 0.15) is 31.2 Å². The first-order valence-electron chi connectivity index (χ1n) is 7.46. The maximum Gasteiger partial charge on any atom is 0.244 e. The lowest BCUT2D eigenvalue weighted by Gasteiger charge is -2.39. The standard InChI is InChI=1S/C15H19ClN2O3S/c1-11-12(16)5-2-6-13(11)22(20,21)18-10-4-8-15(18)7-3-9-17-14(15)19/h2,5-6H,3-4,7-10H2,1H3,(H,17,19). The molecule has 2 heterocycles. The van der Waals surface area contributed by atoms with Crippen LogP contribution < -0.4 is 5.32 Å². The van der Waals surface area contributed by atoms with E-state index >= 15 is 0 Å². The van der Waals surface area contributed by atoms with E-state index in [2.05, 4.69) is 5.32 Å². The minimum absolute atomic E-state index is 0.167. The molecule has 0 aliphatic carbocycles. The maximum atomic E-state index is 13.1. The molecule has 1 aromatic rings. The first-order chi connectivity index (χ1) is 10.4. The number of sulfonamides is 1. The monoisotopic (exact) mass is 342 g/mol.